The highest BCUT2D eigenvalue weighted by Gasteiger charge is 2.29. The Hall–Kier alpha value is -2.35. The topological polar surface area (TPSA) is 96.5 Å². The zero-order chi connectivity index (χ0) is 18.2. The van der Waals surface area contributed by atoms with Gasteiger partial charge >= 0.3 is 11.9 Å². The number of rotatable bonds is 3. The number of hydrogen-bond donors (Lipinski definition) is 0. The Labute approximate surface area is 143 Å². The lowest BCUT2D eigenvalue weighted by Gasteiger charge is -2.19. The van der Waals surface area contributed by atoms with Crippen LogP contribution in [0.15, 0.2) is 12.3 Å². The highest BCUT2D eigenvalue weighted by molar-refractivity contribution is 6.34. The first kappa shape index (κ1) is 18.0. The summed E-state index contributed by atoms with van der Waals surface area (Å²) in [6.45, 7) is 8.65. The third-order valence-corrected chi connectivity index (χ3v) is 3.11. The molecule has 0 amide bonds. The van der Waals surface area contributed by atoms with Crippen LogP contribution in [0.4, 0.5) is 10.6 Å². The summed E-state index contributed by atoms with van der Waals surface area (Å²) in [4.78, 5) is 26.7. The number of nitrogens with zero attached hydrogens (tertiary/aromatic N) is 3. The molecule has 0 unspecified atom stereocenters. The second kappa shape index (κ2) is 6.27. The Bertz CT molecular complexity index is 808. The largest absolute Gasteiger partial charge is 0.482 e. The van der Waals surface area contributed by atoms with E-state index in [1.54, 1.807) is 34.6 Å². The summed E-state index contributed by atoms with van der Waals surface area (Å²) >= 11 is 6.08. The standard InChI is InChI=1S/C15H18ClN3O5/c1-8(2)23-11-9-6-7-18(14(20)24-15(3,4)5)10(9)12(16)17-13(11)19(21)22/h6-8H,1-5H3. The fourth-order valence-corrected chi connectivity index (χ4v) is 2.35. The SMILES string of the molecule is CC(C)Oc1c([N+](=O)[O-])nc(Cl)c2c1ccn2C(=O)OC(C)(C)C. The van der Waals surface area contributed by atoms with Crippen molar-refractivity contribution in [1.82, 2.24) is 9.55 Å². The van der Waals surface area contributed by atoms with Crippen molar-refractivity contribution in [3.8, 4) is 5.75 Å². The number of halogens is 1. The average molecular weight is 356 g/mol. The summed E-state index contributed by atoms with van der Waals surface area (Å²) in [7, 11) is 0. The van der Waals surface area contributed by atoms with Crippen LogP contribution in [-0.4, -0.2) is 32.3 Å². The van der Waals surface area contributed by atoms with Crippen LogP contribution in [0.3, 0.4) is 0 Å². The molecule has 0 N–H and O–H groups in total. The Morgan fingerprint density at radius 1 is 1.42 bits per heavy atom. The third kappa shape index (κ3) is 3.59. The molecule has 0 saturated heterocycles. The Balaban J connectivity index is 2.68. The van der Waals surface area contributed by atoms with E-state index in [2.05, 4.69) is 4.98 Å². The predicted molar refractivity (Wildman–Crippen MR) is 88.8 cm³/mol. The highest BCUT2D eigenvalue weighted by Crippen LogP contribution is 2.38. The molecule has 0 radical (unpaired) electrons. The molecule has 0 aliphatic rings. The molecule has 9 heteroatoms. The van der Waals surface area contributed by atoms with Crippen LogP contribution in [0, 0.1) is 10.1 Å². The number of aromatic nitrogens is 2. The summed E-state index contributed by atoms with van der Waals surface area (Å²) in [5, 5.41) is 11.4. The van der Waals surface area contributed by atoms with Gasteiger partial charge in [0, 0.05) is 6.20 Å². The van der Waals surface area contributed by atoms with Crippen LogP contribution < -0.4 is 4.74 Å². The van der Waals surface area contributed by atoms with E-state index in [9.17, 15) is 14.9 Å². The normalized spacial score (nSPS) is 11.8. The second-order valence-electron chi connectivity index (χ2n) is 6.41. The lowest BCUT2D eigenvalue weighted by molar-refractivity contribution is -0.390. The molecule has 2 rings (SSSR count). The number of fused-ring (bicyclic) bond motifs is 1. The maximum Gasteiger partial charge on any atom is 0.419 e. The Kier molecular flexibility index (Phi) is 4.70. The molecule has 0 aliphatic heterocycles. The number of nitro groups is 1. The van der Waals surface area contributed by atoms with Gasteiger partial charge in [0.05, 0.1) is 11.5 Å². The molecule has 0 fully saturated rings. The van der Waals surface area contributed by atoms with Crippen molar-refractivity contribution in [2.45, 2.75) is 46.3 Å². The van der Waals surface area contributed by atoms with Crippen molar-refractivity contribution in [1.29, 1.82) is 0 Å². The van der Waals surface area contributed by atoms with Gasteiger partial charge in [-0.15, -0.1) is 0 Å². The molecule has 0 aliphatic carbocycles. The maximum absolute atomic E-state index is 12.3. The van der Waals surface area contributed by atoms with E-state index in [4.69, 9.17) is 21.1 Å². The van der Waals surface area contributed by atoms with Crippen molar-refractivity contribution in [3.63, 3.8) is 0 Å². The molecule has 0 saturated carbocycles. The summed E-state index contributed by atoms with van der Waals surface area (Å²) < 4.78 is 12.0. The number of carbonyl (C=O) groups excluding carboxylic acids is 1. The first-order valence-electron chi connectivity index (χ1n) is 7.26. The first-order valence-corrected chi connectivity index (χ1v) is 7.64. The van der Waals surface area contributed by atoms with Crippen LogP contribution >= 0.6 is 11.6 Å². The summed E-state index contributed by atoms with van der Waals surface area (Å²) in [5.74, 6) is -0.528. The Morgan fingerprint density at radius 3 is 2.54 bits per heavy atom. The van der Waals surface area contributed by atoms with Gasteiger partial charge in [-0.3, -0.25) is 0 Å². The van der Waals surface area contributed by atoms with Crippen molar-refractivity contribution in [3.05, 3.63) is 27.5 Å². The molecule has 8 nitrogen and oxygen atoms in total. The number of hydrogen-bond acceptors (Lipinski definition) is 6. The van der Waals surface area contributed by atoms with Gasteiger partial charge in [0.2, 0.25) is 5.75 Å². The molecule has 130 valence electrons. The smallest absolute Gasteiger partial charge is 0.419 e. The molecule has 0 atom stereocenters. The Morgan fingerprint density at radius 2 is 2.04 bits per heavy atom. The van der Waals surface area contributed by atoms with Gasteiger partial charge in [0.25, 0.3) is 5.15 Å². The van der Waals surface area contributed by atoms with Crippen LogP contribution in [0.25, 0.3) is 10.9 Å². The van der Waals surface area contributed by atoms with Crippen molar-refractivity contribution in [2.24, 2.45) is 0 Å². The zero-order valence-electron chi connectivity index (χ0n) is 14.0. The minimum Gasteiger partial charge on any atom is -0.482 e. The van der Waals surface area contributed by atoms with Crippen LogP contribution in [0.1, 0.15) is 34.6 Å². The van der Waals surface area contributed by atoms with Crippen molar-refractivity contribution in [2.75, 3.05) is 0 Å². The molecule has 2 aromatic heterocycles. The van der Waals surface area contributed by atoms with E-state index < -0.39 is 22.4 Å². The monoisotopic (exact) mass is 355 g/mol. The molecular weight excluding hydrogens is 338 g/mol. The van der Waals surface area contributed by atoms with E-state index in [1.807, 2.05) is 0 Å². The molecule has 2 aromatic rings. The summed E-state index contributed by atoms with van der Waals surface area (Å²) in [5.41, 5.74) is -0.502. The van der Waals surface area contributed by atoms with Gasteiger partial charge in [-0.25, -0.2) is 9.36 Å². The fourth-order valence-electron chi connectivity index (χ4n) is 2.08. The third-order valence-electron chi connectivity index (χ3n) is 2.85. The molecule has 0 aromatic carbocycles. The van der Waals surface area contributed by atoms with E-state index in [-0.39, 0.29) is 22.5 Å². The van der Waals surface area contributed by atoms with E-state index in [1.165, 1.54) is 12.3 Å². The van der Waals surface area contributed by atoms with Gasteiger partial charge in [-0.05, 0) is 62.2 Å². The lowest BCUT2D eigenvalue weighted by Crippen LogP contribution is -2.26. The predicted octanol–water partition coefficient (Wildman–Crippen LogP) is 4.17. The number of carbonyl (C=O) groups is 1. The average Bonchev–Trinajstić information content (AvgIpc) is 2.84. The minimum absolute atomic E-state index is 0.0308. The van der Waals surface area contributed by atoms with Crippen LogP contribution in [0.5, 0.6) is 5.75 Å². The maximum atomic E-state index is 12.3. The van der Waals surface area contributed by atoms with Gasteiger partial charge in [0.1, 0.15) is 11.1 Å². The minimum atomic E-state index is -0.703. The van der Waals surface area contributed by atoms with Crippen molar-refractivity contribution < 1.29 is 19.2 Å². The van der Waals surface area contributed by atoms with Crippen molar-refractivity contribution >= 4 is 34.4 Å². The van der Waals surface area contributed by atoms with E-state index in [0.29, 0.717) is 5.39 Å². The molecule has 24 heavy (non-hydrogen) atoms. The van der Waals surface area contributed by atoms with Gasteiger partial charge in [-0.1, -0.05) is 0 Å². The summed E-state index contributed by atoms with van der Waals surface area (Å²) in [6, 6.07) is 1.51. The van der Waals surface area contributed by atoms with Gasteiger partial charge < -0.3 is 19.6 Å². The number of ether oxygens (including phenoxy) is 2. The lowest BCUT2D eigenvalue weighted by atomic mass is 10.2. The van der Waals surface area contributed by atoms with Gasteiger partial charge in [0.15, 0.2) is 0 Å². The van der Waals surface area contributed by atoms with E-state index in [0.717, 1.165) is 4.57 Å². The second-order valence-corrected chi connectivity index (χ2v) is 6.77. The quantitative estimate of drug-likeness (QED) is 0.465. The first-order chi connectivity index (χ1) is 11.0. The van der Waals surface area contributed by atoms with E-state index >= 15 is 0 Å². The van der Waals surface area contributed by atoms with Gasteiger partial charge in [-0.2, -0.15) is 0 Å². The van der Waals surface area contributed by atoms with Crippen LogP contribution in [-0.2, 0) is 4.74 Å². The highest BCUT2D eigenvalue weighted by atomic mass is 35.5. The molecule has 2 heterocycles. The summed E-state index contributed by atoms with van der Waals surface area (Å²) in [6.07, 6.45) is 0.439. The number of pyridine rings is 1. The fraction of sp³-hybridized carbons (Fsp3) is 0.467. The molecular formula is C15H18ClN3O5. The molecule has 0 bridgehead atoms. The van der Waals surface area contributed by atoms with Crippen LogP contribution in [0.2, 0.25) is 5.15 Å². The molecule has 0 spiro atoms. The zero-order valence-corrected chi connectivity index (χ0v) is 14.7.